The zero-order chi connectivity index (χ0) is 15.6. The summed E-state index contributed by atoms with van der Waals surface area (Å²) in [6.45, 7) is 5.89. The van der Waals surface area contributed by atoms with Gasteiger partial charge in [0.2, 0.25) is 10.0 Å². The minimum absolute atomic E-state index is 0.270. The fourth-order valence-corrected chi connectivity index (χ4v) is 4.67. The van der Waals surface area contributed by atoms with Gasteiger partial charge >= 0.3 is 0 Å². The highest BCUT2D eigenvalue weighted by atomic mass is 32.2. The van der Waals surface area contributed by atoms with E-state index in [0.29, 0.717) is 36.1 Å². The van der Waals surface area contributed by atoms with Crippen LogP contribution in [0.5, 0.6) is 0 Å². The Bertz CT molecular complexity index is 586. The Morgan fingerprint density at radius 2 is 1.95 bits per heavy atom. The topological polar surface area (TPSA) is 52.7 Å². The first kappa shape index (κ1) is 16.3. The van der Waals surface area contributed by atoms with Crippen LogP contribution < -0.4 is 5.32 Å². The fraction of sp³-hybridized carbons (Fsp3) is 0.600. The van der Waals surface area contributed by atoms with Crippen molar-refractivity contribution in [3.05, 3.63) is 24.3 Å². The number of hydrogen-bond donors (Lipinski definition) is 1. The smallest absolute Gasteiger partial charge is 0.245 e. The molecule has 0 radical (unpaired) electrons. The Balaban J connectivity index is 2.31. The average molecular weight is 311 g/mol. The molecule has 1 aliphatic rings. The first-order valence-electron chi connectivity index (χ1n) is 7.37. The summed E-state index contributed by atoms with van der Waals surface area (Å²) >= 11 is 0. The number of benzene rings is 1. The second kappa shape index (κ2) is 6.34. The normalized spacial score (nSPS) is 23.7. The molecule has 2 rings (SSSR count). The van der Waals surface area contributed by atoms with E-state index in [2.05, 4.69) is 17.1 Å². The van der Waals surface area contributed by atoms with Gasteiger partial charge in [0.1, 0.15) is 4.90 Å². The van der Waals surface area contributed by atoms with Gasteiger partial charge in [-0.2, -0.15) is 4.31 Å². The third-order valence-corrected chi connectivity index (χ3v) is 5.96. The maximum absolute atomic E-state index is 12.9. The van der Waals surface area contributed by atoms with Crippen molar-refractivity contribution in [3.8, 4) is 0 Å². The molecule has 1 N–H and O–H groups in total. The van der Waals surface area contributed by atoms with Crippen molar-refractivity contribution < 1.29 is 8.42 Å². The molecule has 0 saturated carbocycles. The van der Waals surface area contributed by atoms with Crippen LogP contribution in [0.15, 0.2) is 29.2 Å². The molecule has 0 aromatic heterocycles. The zero-order valence-corrected chi connectivity index (χ0v) is 14.0. The lowest BCUT2D eigenvalue weighted by molar-refractivity contribution is 0.263. The van der Waals surface area contributed by atoms with Gasteiger partial charge in [0.15, 0.2) is 0 Å². The molecule has 1 heterocycles. The summed E-state index contributed by atoms with van der Waals surface area (Å²) < 4.78 is 27.4. The van der Waals surface area contributed by atoms with Crippen LogP contribution in [0, 0.1) is 5.92 Å². The summed E-state index contributed by atoms with van der Waals surface area (Å²) in [5, 5.41) is 3.13. The van der Waals surface area contributed by atoms with E-state index >= 15 is 0 Å². The molecule has 0 bridgehead atoms. The third kappa shape index (κ3) is 3.22. The van der Waals surface area contributed by atoms with E-state index in [1.165, 1.54) is 0 Å². The summed E-state index contributed by atoms with van der Waals surface area (Å²) in [4.78, 5) is 2.48. The molecule has 5 nitrogen and oxygen atoms in total. The Labute approximate surface area is 128 Å². The molecule has 1 aromatic carbocycles. The highest BCUT2D eigenvalue weighted by molar-refractivity contribution is 7.89. The summed E-state index contributed by atoms with van der Waals surface area (Å²) in [5.74, 6) is 0.334. The standard InChI is InChI=1S/C15H25N3O2S/c1-5-16-13-8-6-7-9-15(13)21(19,20)18-10-12(2)14(11-18)17(3)4/h6-9,12,14,16H,5,10-11H2,1-4H3. The molecule has 1 fully saturated rings. The Kier molecular flexibility index (Phi) is 4.91. The van der Waals surface area contributed by atoms with Gasteiger partial charge in [-0.3, -0.25) is 0 Å². The highest BCUT2D eigenvalue weighted by Crippen LogP contribution is 2.30. The SMILES string of the molecule is CCNc1ccccc1S(=O)(=O)N1CC(C)C(N(C)C)C1. The van der Waals surface area contributed by atoms with E-state index in [1.54, 1.807) is 16.4 Å². The van der Waals surface area contributed by atoms with Gasteiger partial charge in [-0.05, 0) is 39.1 Å². The number of anilines is 1. The minimum atomic E-state index is -3.45. The quantitative estimate of drug-likeness (QED) is 0.899. The van der Waals surface area contributed by atoms with Gasteiger partial charge in [-0.1, -0.05) is 19.1 Å². The van der Waals surface area contributed by atoms with Crippen LogP contribution in [0.2, 0.25) is 0 Å². The van der Waals surface area contributed by atoms with E-state index in [9.17, 15) is 8.42 Å². The summed E-state index contributed by atoms with van der Waals surface area (Å²) in [7, 11) is 0.561. The molecular formula is C15H25N3O2S. The molecule has 0 amide bonds. The minimum Gasteiger partial charge on any atom is -0.384 e. The van der Waals surface area contributed by atoms with Gasteiger partial charge in [0.25, 0.3) is 0 Å². The molecule has 1 saturated heterocycles. The molecule has 2 unspecified atom stereocenters. The number of hydrogen-bond acceptors (Lipinski definition) is 4. The van der Waals surface area contributed by atoms with Crippen LogP contribution >= 0.6 is 0 Å². The van der Waals surface area contributed by atoms with Crippen molar-refractivity contribution in [2.24, 2.45) is 5.92 Å². The maximum Gasteiger partial charge on any atom is 0.245 e. The average Bonchev–Trinajstić information content (AvgIpc) is 2.82. The predicted octanol–water partition coefficient (Wildman–Crippen LogP) is 1.69. The number of likely N-dealkylation sites (N-methyl/N-ethyl adjacent to an activating group) is 1. The van der Waals surface area contributed by atoms with E-state index in [1.807, 2.05) is 33.2 Å². The largest absolute Gasteiger partial charge is 0.384 e. The van der Waals surface area contributed by atoms with Gasteiger partial charge in [0.05, 0.1) is 5.69 Å². The van der Waals surface area contributed by atoms with Crippen LogP contribution in [-0.4, -0.2) is 57.4 Å². The van der Waals surface area contributed by atoms with Gasteiger partial charge in [-0.15, -0.1) is 0 Å². The molecule has 118 valence electrons. The van der Waals surface area contributed by atoms with E-state index in [-0.39, 0.29) is 6.04 Å². The van der Waals surface area contributed by atoms with Crippen molar-refractivity contribution in [3.63, 3.8) is 0 Å². The first-order valence-corrected chi connectivity index (χ1v) is 8.81. The van der Waals surface area contributed by atoms with Gasteiger partial charge in [0, 0.05) is 25.7 Å². The zero-order valence-electron chi connectivity index (χ0n) is 13.2. The maximum atomic E-state index is 12.9. The highest BCUT2D eigenvalue weighted by Gasteiger charge is 2.38. The molecule has 2 atom stereocenters. The lowest BCUT2D eigenvalue weighted by atomic mass is 10.1. The van der Waals surface area contributed by atoms with E-state index in [0.717, 1.165) is 0 Å². The van der Waals surface area contributed by atoms with E-state index in [4.69, 9.17) is 0 Å². The fourth-order valence-electron chi connectivity index (χ4n) is 2.94. The van der Waals surface area contributed by atoms with Crippen molar-refractivity contribution in [2.45, 2.75) is 24.8 Å². The predicted molar refractivity (Wildman–Crippen MR) is 86.0 cm³/mol. The third-order valence-electron chi connectivity index (χ3n) is 4.07. The van der Waals surface area contributed by atoms with Crippen LogP contribution in [0.25, 0.3) is 0 Å². The monoisotopic (exact) mass is 311 g/mol. The number of rotatable bonds is 5. The second-order valence-electron chi connectivity index (χ2n) is 5.86. The van der Waals surface area contributed by atoms with Gasteiger partial charge < -0.3 is 10.2 Å². The summed E-state index contributed by atoms with van der Waals surface area (Å²) in [6.07, 6.45) is 0. The van der Waals surface area contributed by atoms with Crippen molar-refractivity contribution in [2.75, 3.05) is 39.0 Å². The van der Waals surface area contributed by atoms with Crippen LogP contribution in [0.1, 0.15) is 13.8 Å². The molecule has 6 heteroatoms. The lowest BCUT2D eigenvalue weighted by Crippen LogP contribution is -2.36. The Morgan fingerprint density at radius 1 is 1.29 bits per heavy atom. The molecule has 0 spiro atoms. The Morgan fingerprint density at radius 3 is 2.52 bits per heavy atom. The van der Waals surface area contributed by atoms with Crippen molar-refractivity contribution in [1.29, 1.82) is 0 Å². The van der Waals surface area contributed by atoms with Gasteiger partial charge in [-0.25, -0.2) is 8.42 Å². The van der Waals surface area contributed by atoms with Crippen LogP contribution in [0.4, 0.5) is 5.69 Å². The van der Waals surface area contributed by atoms with Crippen molar-refractivity contribution in [1.82, 2.24) is 9.21 Å². The number of nitrogens with zero attached hydrogens (tertiary/aromatic N) is 2. The molecular weight excluding hydrogens is 286 g/mol. The summed E-state index contributed by atoms with van der Waals surface area (Å²) in [6, 6.07) is 7.40. The van der Waals surface area contributed by atoms with Crippen LogP contribution in [0.3, 0.4) is 0 Å². The van der Waals surface area contributed by atoms with E-state index < -0.39 is 10.0 Å². The molecule has 1 aromatic rings. The first-order chi connectivity index (χ1) is 9.87. The molecule has 0 aliphatic carbocycles. The number of sulfonamides is 1. The lowest BCUT2D eigenvalue weighted by Gasteiger charge is -2.22. The molecule has 1 aliphatic heterocycles. The second-order valence-corrected chi connectivity index (χ2v) is 7.76. The summed E-state index contributed by atoms with van der Waals surface area (Å²) in [5.41, 5.74) is 0.681. The molecule has 21 heavy (non-hydrogen) atoms. The van der Waals surface area contributed by atoms with Crippen LogP contribution in [-0.2, 0) is 10.0 Å². The number of nitrogens with one attached hydrogen (secondary N) is 1. The van der Waals surface area contributed by atoms with Crippen molar-refractivity contribution >= 4 is 15.7 Å². The Hall–Kier alpha value is -1.11. The number of para-hydroxylation sites is 1.